The van der Waals surface area contributed by atoms with Crippen molar-refractivity contribution < 1.29 is 23.9 Å². The van der Waals surface area contributed by atoms with Crippen LogP contribution in [0.5, 0.6) is 0 Å². The summed E-state index contributed by atoms with van der Waals surface area (Å²) in [6.45, 7) is 4.53. The summed E-state index contributed by atoms with van der Waals surface area (Å²) in [7, 11) is 0. The third-order valence-corrected chi connectivity index (χ3v) is 7.43. The molecule has 2 fully saturated rings. The van der Waals surface area contributed by atoms with Crippen LogP contribution >= 0.6 is 0 Å². The molecule has 0 amide bonds. The number of quaternary nitrogens is 1. The van der Waals surface area contributed by atoms with Crippen LogP contribution in [0.1, 0.15) is 32.2 Å². The van der Waals surface area contributed by atoms with Crippen LogP contribution in [-0.4, -0.2) is 60.5 Å². The number of piperidine rings is 1. The Balaban J connectivity index is 0.000000747. The van der Waals surface area contributed by atoms with Crippen LogP contribution in [0.2, 0.25) is 0 Å². The molecule has 5 rings (SSSR count). The van der Waals surface area contributed by atoms with Crippen LogP contribution < -0.4 is 0 Å². The summed E-state index contributed by atoms with van der Waals surface area (Å²) in [5.41, 5.74) is 2.53. The Morgan fingerprint density at radius 1 is 0.703 bits per heavy atom. The molecule has 2 atom stereocenters. The maximum Gasteiger partial charge on any atom is 0.172 e. The average Bonchev–Trinajstić information content (AvgIpc) is 2.93. The van der Waals surface area contributed by atoms with Crippen LogP contribution in [0.3, 0.4) is 0 Å². The second-order valence-corrected chi connectivity index (χ2v) is 9.60. The predicted molar refractivity (Wildman–Crippen MR) is 139 cm³/mol. The number of nitrogens with zero attached hydrogens (tertiary/aromatic N) is 2. The van der Waals surface area contributed by atoms with Crippen LogP contribution in [0.15, 0.2) is 91.0 Å². The smallest absolute Gasteiger partial charge is 0.172 e. The van der Waals surface area contributed by atoms with E-state index in [2.05, 4.69) is 12.1 Å². The third-order valence-electron chi connectivity index (χ3n) is 7.43. The monoisotopic (exact) mass is 502 g/mol. The summed E-state index contributed by atoms with van der Waals surface area (Å²) in [6, 6.07) is 29.3. The first-order valence-corrected chi connectivity index (χ1v) is 12.4. The van der Waals surface area contributed by atoms with Crippen molar-refractivity contribution in [3.63, 3.8) is 0 Å². The van der Waals surface area contributed by atoms with Gasteiger partial charge in [0, 0.05) is 17.0 Å². The van der Waals surface area contributed by atoms with Crippen molar-refractivity contribution in [3.05, 3.63) is 123 Å². The number of carbonyl (C=O) groups is 2. The van der Waals surface area contributed by atoms with E-state index in [4.69, 9.17) is 20.1 Å². The maximum absolute atomic E-state index is 14.0. The van der Waals surface area contributed by atoms with Gasteiger partial charge in [0.15, 0.2) is 11.6 Å². The zero-order valence-corrected chi connectivity index (χ0v) is 20.5. The number of hydrogen-bond donors (Lipinski definition) is 0. The van der Waals surface area contributed by atoms with Crippen molar-refractivity contribution in [1.29, 1.82) is 0 Å². The molecule has 1 spiro atoms. The highest BCUT2D eigenvalue weighted by molar-refractivity contribution is 6.02. The molecule has 2 aliphatic heterocycles. The summed E-state index contributed by atoms with van der Waals surface area (Å²) in [5, 5.41) is 14.8. The molecule has 3 aromatic rings. The van der Waals surface area contributed by atoms with Crippen molar-refractivity contribution >= 4 is 11.6 Å². The van der Waals surface area contributed by atoms with Crippen molar-refractivity contribution in [2.75, 3.05) is 39.4 Å². The van der Waals surface area contributed by atoms with E-state index in [0.717, 1.165) is 47.4 Å². The van der Waals surface area contributed by atoms with Gasteiger partial charge in [0.25, 0.3) is 0 Å². The molecular formula is C29H30N2O6. The number of benzene rings is 3. The summed E-state index contributed by atoms with van der Waals surface area (Å²) in [4.78, 5) is 36.2. The molecular weight excluding hydrogens is 472 g/mol. The lowest BCUT2D eigenvalue weighted by Crippen LogP contribution is -2.65. The molecule has 2 saturated heterocycles. The van der Waals surface area contributed by atoms with E-state index >= 15 is 0 Å². The summed E-state index contributed by atoms with van der Waals surface area (Å²) in [6.07, 6.45) is 0. The van der Waals surface area contributed by atoms with Gasteiger partial charge in [-0.1, -0.05) is 91.0 Å². The van der Waals surface area contributed by atoms with E-state index in [0.29, 0.717) is 13.2 Å². The molecule has 37 heavy (non-hydrogen) atoms. The van der Waals surface area contributed by atoms with Gasteiger partial charge >= 0.3 is 0 Å². The second kappa shape index (κ2) is 11.9. The van der Waals surface area contributed by atoms with Crippen molar-refractivity contribution in [3.8, 4) is 0 Å². The first kappa shape index (κ1) is 26.2. The predicted octanol–water partition coefficient (Wildman–Crippen LogP) is 4.39. The quantitative estimate of drug-likeness (QED) is 0.222. The molecule has 0 saturated carbocycles. The van der Waals surface area contributed by atoms with Gasteiger partial charge < -0.3 is 24.5 Å². The summed E-state index contributed by atoms with van der Waals surface area (Å²) in [5.74, 6) is -0.408. The van der Waals surface area contributed by atoms with Gasteiger partial charge in [0.2, 0.25) is 0 Å². The van der Waals surface area contributed by atoms with Gasteiger partial charge in [-0.15, -0.1) is 0 Å². The van der Waals surface area contributed by atoms with E-state index in [1.165, 1.54) is 0 Å². The van der Waals surface area contributed by atoms with Crippen LogP contribution in [0.25, 0.3) is 0 Å². The fourth-order valence-electron chi connectivity index (χ4n) is 5.78. The molecule has 0 bridgehead atoms. The summed E-state index contributed by atoms with van der Waals surface area (Å²) < 4.78 is 6.46. The molecule has 2 unspecified atom stereocenters. The first-order chi connectivity index (χ1) is 17.9. The molecule has 8 heteroatoms. The highest BCUT2D eigenvalue weighted by Crippen LogP contribution is 2.43. The minimum absolute atomic E-state index is 0.138. The Bertz CT molecular complexity index is 1130. The van der Waals surface area contributed by atoms with Crippen LogP contribution in [0, 0.1) is 27.2 Å². The largest absolute Gasteiger partial charge is 0.370 e. The molecule has 0 N–H and O–H groups in total. The number of rotatable bonds is 5. The van der Waals surface area contributed by atoms with Gasteiger partial charge in [-0.25, -0.2) is 0 Å². The van der Waals surface area contributed by atoms with Crippen LogP contribution in [-0.2, 0) is 4.74 Å². The SMILES string of the molecule is O=C(c1ccccc1)C1C[N+]2(CCOCC2)CC(C(=O)c2ccccc2)C1c1ccccc1.O=[N+]([O-])[O-]. The fraction of sp³-hybridized carbons (Fsp3) is 0.310. The van der Waals surface area contributed by atoms with Crippen molar-refractivity contribution in [1.82, 2.24) is 0 Å². The van der Waals surface area contributed by atoms with Gasteiger partial charge in [0.1, 0.15) is 13.1 Å². The van der Waals surface area contributed by atoms with E-state index in [1.54, 1.807) is 0 Å². The standard InChI is InChI=1S/C29H30NO3.NO3/c31-28(23-12-6-2-7-13-23)25-20-30(16-18-33-19-17-30)21-26(27(25)22-10-4-1-5-11-22)29(32)24-14-8-3-9-15-24;2-1(3)4/h1-15,25-27H,16-21H2;/q+1;-1. The Labute approximate surface area is 215 Å². The second-order valence-electron chi connectivity index (χ2n) is 9.60. The molecule has 0 radical (unpaired) electrons. The summed E-state index contributed by atoms with van der Waals surface area (Å²) >= 11 is 0. The number of Topliss-reactive ketones (excluding diaryl/α,β-unsaturated/α-hetero) is 2. The van der Waals surface area contributed by atoms with E-state index in [-0.39, 0.29) is 29.3 Å². The Morgan fingerprint density at radius 3 is 1.49 bits per heavy atom. The molecule has 2 aliphatic rings. The van der Waals surface area contributed by atoms with E-state index < -0.39 is 5.09 Å². The van der Waals surface area contributed by atoms with Gasteiger partial charge in [-0.3, -0.25) is 9.59 Å². The number of morpholine rings is 1. The van der Waals surface area contributed by atoms with Crippen molar-refractivity contribution in [2.24, 2.45) is 11.8 Å². The molecule has 0 aromatic heterocycles. The lowest BCUT2D eigenvalue weighted by atomic mass is 9.67. The fourth-order valence-corrected chi connectivity index (χ4v) is 5.78. The highest BCUT2D eigenvalue weighted by atomic mass is 16.9. The van der Waals surface area contributed by atoms with Gasteiger partial charge in [0.05, 0.1) is 43.2 Å². The normalized spacial score (nSPS) is 22.3. The molecule has 8 nitrogen and oxygen atoms in total. The van der Waals surface area contributed by atoms with Gasteiger partial charge in [-0.2, -0.15) is 0 Å². The highest BCUT2D eigenvalue weighted by Gasteiger charge is 2.52. The molecule has 0 aliphatic carbocycles. The third kappa shape index (κ3) is 6.28. The lowest BCUT2D eigenvalue weighted by molar-refractivity contribution is -0.944. The number of ketones is 2. The zero-order valence-electron chi connectivity index (χ0n) is 20.5. The average molecular weight is 503 g/mol. The number of carbonyl (C=O) groups excluding carboxylic acids is 2. The molecule has 192 valence electrons. The topological polar surface area (TPSA) is 110 Å². The Kier molecular flexibility index (Phi) is 8.43. The number of ether oxygens (including phenoxy) is 1. The Hall–Kier alpha value is -3.88. The lowest BCUT2D eigenvalue weighted by Gasteiger charge is -2.51. The van der Waals surface area contributed by atoms with E-state index in [1.807, 2.05) is 78.9 Å². The molecule has 2 heterocycles. The minimum atomic E-state index is -1.75. The zero-order chi connectivity index (χ0) is 26.3. The first-order valence-electron chi connectivity index (χ1n) is 12.4. The van der Waals surface area contributed by atoms with Gasteiger partial charge in [-0.05, 0) is 5.56 Å². The minimum Gasteiger partial charge on any atom is -0.370 e. The maximum atomic E-state index is 14.0. The van der Waals surface area contributed by atoms with Crippen molar-refractivity contribution in [2.45, 2.75) is 5.92 Å². The van der Waals surface area contributed by atoms with Crippen LogP contribution in [0.4, 0.5) is 0 Å². The number of hydrogen-bond acceptors (Lipinski definition) is 6. The molecule has 3 aromatic carbocycles. The Morgan fingerprint density at radius 2 is 1.08 bits per heavy atom. The van der Waals surface area contributed by atoms with E-state index in [9.17, 15) is 9.59 Å².